The molecule has 0 N–H and O–H groups in total. The van der Waals surface area contributed by atoms with Crippen molar-refractivity contribution in [2.75, 3.05) is 6.61 Å². The van der Waals surface area contributed by atoms with Gasteiger partial charge in [-0.25, -0.2) is 14.0 Å². The fraction of sp³-hybridized carbons (Fsp3) is 0.474. The van der Waals surface area contributed by atoms with Gasteiger partial charge in [-0.05, 0) is 79.8 Å². The molecule has 0 spiro atoms. The molecule has 1 atom stereocenters. The van der Waals surface area contributed by atoms with Gasteiger partial charge in [0.05, 0.1) is 23.8 Å². The normalized spacial score (nSPS) is 11.6. The zero-order chi connectivity index (χ0) is 31.6. The first kappa shape index (κ1) is 34.8. The van der Waals surface area contributed by atoms with Crippen molar-refractivity contribution in [3.05, 3.63) is 83.7 Å². The van der Waals surface area contributed by atoms with E-state index >= 15 is 0 Å². The minimum Gasteiger partial charge on any atom is -0.491 e. The van der Waals surface area contributed by atoms with Gasteiger partial charge in [0.25, 0.3) is 0 Å². The largest absolute Gasteiger partial charge is 0.491 e. The van der Waals surface area contributed by atoms with Gasteiger partial charge in [-0.15, -0.1) is 0 Å². The third kappa shape index (κ3) is 12.1. The van der Waals surface area contributed by atoms with E-state index in [0.29, 0.717) is 17.9 Å². The van der Waals surface area contributed by atoms with Crippen molar-refractivity contribution in [1.29, 1.82) is 0 Å². The average Bonchev–Trinajstić information content (AvgIpc) is 3.03. The summed E-state index contributed by atoms with van der Waals surface area (Å²) in [6.07, 6.45) is 14.8. The Balaban J connectivity index is 1.44. The summed E-state index contributed by atoms with van der Waals surface area (Å²) in [5.41, 5.74) is 2.44. The fourth-order valence-corrected chi connectivity index (χ4v) is 5.01. The van der Waals surface area contributed by atoms with Crippen LogP contribution in [0.5, 0.6) is 11.5 Å². The predicted octanol–water partition coefficient (Wildman–Crippen LogP) is 10.7. The maximum atomic E-state index is 14.6. The summed E-state index contributed by atoms with van der Waals surface area (Å²) in [6.45, 7) is 6.78. The first-order chi connectivity index (χ1) is 21.4. The van der Waals surface area contributed by atoms with Gasteiger partial charge < -0.3 is 14.2 Å². The fourth-order valence-electron chi connectivity index (χ4n) is 5.01. The predicted molar refractivity (Wildman–Crippen MR) is 175 cm³/mol. The number of unbranched alkanes of at least 4 members (excludes halogenated alkanes) is 10. The minimum absolute atomic E-state index is 0.110. The number of hydrogen-bond donors (Lipinski definition) is 0. The van der Waals surface area contributed by atoms with E-state index < -0.39 is 11.8 Å². The van der Waals surface area contributed by atoms with Crippen molar-refractivity contribution < 1.29 is 28.2 Å². The van der Waals surface area contributed by atoms with Crippen molar-refractivity contribution in [3.63, 3.8) is 0 Å². The summed E-state index contributed by atoms with van der Waals surface area (Å²) in [5, 5.41) is 0. The highest BCUT2D eigenvalue weighted by atomic mass is 19.1. The lowest BCUT2D eigenvalue weighted by atomic mass is 10.0. The van der Waals surface area contributed by atoms with Crippen LogP contribution in [-0.2, 0) is 4.74 Å². The van der Waals surface area contributed by atoms with E-state index in [0.717, 1.165) is 49.3 Å². The van der Waals surface area contributed by atoms with Crippen molar-refractivity contribution >= 4 is 11.9 Å². The summed E-state index contributed by atoms with van der Waals surface area (Å²) < 4.78 is 31.2. The van der Waals surface area contributed by atoms with E-state index in [9.17, 15) is 14.0 Å². The highest BCUT2D eigenvalue weighted by molar-refractivity contribution is 5.91. The van der Waals surface area contributed by atoms with Gasteiger partial charge in [0, 0.05) is 0 Å². The van der Waals surface area contributed by atoms with Crippen LogP contribution in [0.2, 0.25) is 0 Å². The van der Waals surface area contributed by atoms with Crippen molar-refractivity contribution in [2.45, 2.75) is 110 Å². The molecule has 0 heterocycles. The maximum Gasteiger partial charge on any atom is 0.343 e. The topological polar surface area (TPSA) is 61.8 Å². The van der Waals surface area contributed by atoms with E-state index in [1.165, 1.54) is 63.5 Å². The molecule has 3 rings (SSSR count). The second-order valence-corrected chi connectivity index (χ2v) is 11.5. The Morgan fingerprint density at radius 1 is 0.659 bits per heavy atom. The van der Waals surface area contributed by atoms with E-state index in [-0.39, 0.29) is 23.4 Å². The SMILES string of the molecule is CCCCCCCCCCOc1ccc(C(=O)Oc2ccc(-c3ccc(C(=O)O[C@H](C)CCCCCC)cc3)cc2)cc1F. The second kappa shape index (κ2) is 19.6. The molecule has 0 saturated carbocycles. The number of esters is 2. The van der Waals surface area contributed by atoms with Crippen LogP contribution in [0.15, 0.2) is 66.7 Å². The summed E-state index contributed by atoms with van der Waals surface area (Å²) in [7, 11) is 0. The molecule has 3 aromatic carbocycles. The summed E-state index contributed by atoms with van der Waals surface area (Å²) in [6, 6.07) is 18.4. The average molecular weight is 605 g/mol. The highest BCUT2D eigenvalue weighted by Gasteiger charge is 2.14. The molecule has 0 aromatic heterocycles. The highest BCUT2D eigenvalue weighted by Crippen LogP contribution is 2.25. The maximum absolute atomic E-state index is 14.6. The number of carbonyl (C=O) groups excluding carboxylic acids is 2. The molecular formula is C38H49FO5. The molecule has 0 bridgehead atoms. The molecule has 3 aromatic rings. The number of benzene rings is 3. The molecule has 0 radical (unpaired) electrons. The molecule has 0 aliphatic heterocycles. The quantitative estimate of drug-likeness (QED) is 0.0729. The Labute approximate surface area is 263 Å². The molecule has 0 amide bonds. The van der Waals surface area contributed by atoms with Crippen LogP contribution in [0, 0.1) is 5.82 Å². The van der Waals surface area contributed by atoms with Crippen LogP contribution < -0.4 is 9.47 Å². The van der Waals surface area contributed by atoms with E-state index in [4.69, 9.17) is 14.2 Å². The molecule has 0 fully saturated rings. The van der Waals surface area contributed by atoms with Crippen LogP contribution in [-0.4, -0.2) is 24.6 Å². The summed E-state index contributed by atoms with van der Waals surface area (Å²) in [4.78, 5) is 25.2. The lowest BCUT2D eigenvalue weighted by Crippen LogP contribution is -2.15. The lowest BCUT2D eigenvalue weighted by molar-refractivity contribution is 0.0319. The van der Waals surface area contributed by atoms with Gasteiger partial charge in [-0.3, -0.25) is 0 Å². The number of halogens is 1. The van der Waals surface area contributed by atoms with Gasteiger partial charge in [0.2, 0.25) is 0 Å². The molecule has 238 valence electrons. The van der Waals surface area contributed by atoms with Gasteiger partial charge >= 0.3 is 11.9 Å². The Kier molecular flexibility index (Phi) is 15.5. The molecule has 0 aliphatic rings. The van der Waals surface area contributed by atoms with Gasteiger partial charge in [-0.1, -0.05) is 102 Å². The number of hydrogen-bond acceptors (Lipinski definition) is 5. The number of rotatable bonds is 20. The first-order valence-electron chi connectivity index (χ1n) is 16.5. The van der Waals surface area contributed by atoms with Crippen LogP contribution in [0.25, 0.3) is 11.1 Å². The molecule has 0 saturated heterocycles. The zero-order valence-corrected chi connectivity index (χ0v) is 26.7. The standard InChI is InChI=1S/C38H49FO5/c1-4-6-8-10-11-12-13-15-27-42-36-26-23-33(28-35(36)39)38(41)44-34-24-21-31(22-25-34)30-17-19-32(20-18-30)37(40)43-29(3)16-14-9-7-5-2/h17-26,28-29H,4-16,27H2,1-3H3/t29-/m1/s1. The summed E-state index contributed by atoms with van der Waals surface area (Å²) >= 11 is 0. The molecule has 0 aliphatic carbocycles. The monoisotopic (exact) mass is 604 g/mol. The first-order valence-corrected chi connectivity index (χ1v) is 16.5. The third-order valence-electron chi connectivity index (χ3n) is 7.71. The molecule has 0 unspecified atom stereocenters. The Hall–Kier alpha value is -3.67. The van der Waals surface area contributed by atoms with Crippen molar-refractivity contribution in [1.82, 2.24) is 0 Å². The van der Waals surface area contributed by atoms with E-state index in [2.05, 4.69) is 13.8 Å². The van der Waals surface area contributed by atoms with Crippen LogP contribution >= 0.6 is 0 Å². The second-order valence-electron chi connectivity index (χ2n) is 11.5. The van der Waals surface area contributed by atoms with Crippen molar-refractivity contribution in [2.24, 2.45) is 0 Å². The Morgan fingerprint density at radius 3 is 1.82 bits per heavy atom. The molecule has 5 nitrogen and oxygen atoms in total. The molecule has 44 heavy (non-hydrogen) atoms. The number of carbonyl (C=O) groups is 2. The zero-order valence-electron chi connectivity index (χ0n) is 26.7. The van der Waals surface area contributed by atoms with E-state index in [1.54, 1.807) is 24.3 Å². The van der Waals surface area contributed by atoms with E-state index in [1.807, 2.05) is 31.2 Å². The van der Waals surface area contributed by atoms with Gasteiger partial charge in [0.15, 0.2) is 11.6 Å². The van der Waals surface area contributed by atoms with Crippen LogP contribution in [0.4, 0.5) is 4.39 Å². The minimum atomic E-state index is -0.645. The third-order valence-corrected chi connectivity index (χ3v) is 7.71. The smallest absolute Gasteiger partial charge is 0.343 e. The van der Waals surface area contributed by atoms with Gasteiger partial charge in [-0.2, -0.15) is 0 Å². The molecular weight excluding hydrogens is 555 g/mol. The lowest BCUT2D eigenvalue weighted by Gasteiger charge is -2.13. The van der Waals surface area contributed by atoms with Gasteiger partial charge in [0.1, 0.15) is 5.75 Å². The Bertz CT molecular complexity index is 1270. The van der Waals surface area contributed by atoms with Crippen LogP contribution in [0.1, 0.15) is 125 Å². The Morgan fingerprint density at radius 2 is 1.20 bits per heavy atom. The van der Waals surface area contributed by atoms with Crippen LogP contribution in [0.3, 0.4) is 0 Å². The summed E-state index contributed by atoms with van der Waals surface area (Å²) in [5.74, 6) is -1.05. The van der Waals surface area contributed by atoms with Crippen molar-refractivity contribution in [3.8, 4) is 22.6 Å². The molecule has 6 heteroatoms. The number of ether oxygens (including phenoxy) is 3.